The van der Waals surface area contributed by atoms with Crippen molar-refractivity contribution >= 4 is 17.2 Å². The zero-order chi connectivity index (χ0) is 15.4. The minimum Gasteiger partial charge on any atom is -0.372 e. The molecule has 0 saturated carbocycles. The second-order valence-electron chi connectivity index (χ2n) is 5.37. The predicted molar refractivity (Wildman–Crippen MR) is 85.6 cm³/mol. The number of aromatic nitrogens is 1. The second-order valence-corrected chi connectivity index (χ2v) is 6.36. The number of nitrogens with zero attached hydrogens (tertiary/aromatic N) is 1. The molecule has 0 spiro atoms. The number of pyridine rings is 1. The smallest absolute Gasteiger partial charge is 0.249 e. The Bertz CT molecular complexity index is 629. The van der Waals surface area contributed by atoms with E-state index in [0.29, 0.717) is 12.1 Å². The zero-order valence-corrected chi connectivity index (χ0v) is 13.0. The summed E-state index contributed by atoms with van der Waals surface area (Å²) < 4.78 is 5.95. The molecule has 22 heavy (non-hydrogen) atoms. The van der Waals surface area contributed by atoms with Crippen molar-refractivity contribution in [2.45, 2.75) is 31.5 Å². The number of amides is 1. The van der Waals surface area contributed by atoms with Crippen LogP contribution in [-0.4, -0.2) is 23.5 Å². The second kappa shape index (κ2) is 7.00. The van der Waals surface area contributed by atoms with Crippen molar-refractivity contribution in [1.82, 2.24) is 10.3 Å². The molecule has 0 unspecified atom stereocenters. The third kappa shape index (κ3) is 3.52. The number of hydrogen-bond donors (Lipinski definition) is 2. The molecule has 2 aromatic rings. The van der Waals surface area contributed by atoms with Crippen LogP contribution in [0.5, 0.6) is 0 Å². The van der Waals surface area contributed by atoms with Crippen LogP contribution in [0, 0.1) is 0 Å². The number of primary amides is 1. The van der Waals surface area contributed by atoms with Gasteiger partial charge in [0.25, 0.3) is 0 Å². The van der Waals surface area contributed by atoms with Crippen LogP contribution < -0.4 is 11.1 Å². The van der Waals surface area contributed by atoms with Gasteiger partial charge in [0.05, 0.1) is 11.7 Å². The first-order chi connectivity index (χ1) is 10.7. The molecule has 116 valence electrons. The van der Waals surface area contributed by atoms with E-state index in [2.05, 4.69) is 10.3 Å². The van der Waals surface area contributed by atoms with Crippen molar-refractivity contribution < 1.29 is 9.53 Å². The standard InChI is InChI=1S/C16H19N3O2S/c17-16(20)12-8-13(22-10-12)9-19-14-2-1-7-21-15(14)11-3-5-18-6-4-11/h3-6,8,10,14-15,19H,1-2,7,9H2,(H2,17,20)/t14-,15+/m0/s1. The molecule has 1 amide bonds. The summed E-state index contributed by atoms with van der Waals surface area (Å²) in [7, 11) is 0. The van der Waals surface area contributed by atoms with E-state index in [-0.39, 0.29) is 18.1 Å². The SMILES string of the molecule is NC(=O)c1csc(CN[C@H]2CCCO[C@@H]2c2ccncc2)c1. The molecular weight excluding hydrogens is 298 g/mol. The van der Waals surface area contributed by atoms with Gasteiger partial charge in [-0.15, -0.1) is 11.3 Å². The Morgan fingerprint density at radius 2 is 2.27 bits per heavy atom. The lowest BCUT2D eigenvalue weighted by molar-refractivity contribution is -0.0111. The third-order valence-corrected chi connectivity index (χ3v) is 4.77. The number of thiophene rings is 1. The topological polar surface area (TPSA) is 77.2 Å². The summed E-state index contributed by atoms with van der Waals surface area (Å²) in [6.45, 7) is 1.50. The number of rotatable bonds is 5. The quantitative estimate of drug-likeness (QED) is 0.887. The summed E-state index contributed by atoms with van der Waals surface area (Å²) in [6, 6.07) is 6.11. The minimum absolute atomic E-state index is 0.0484. The lowest BCUT2D eigenvalue weighted by atomic mass is 9.96. The number of hydrogen-bond acceptors (Lipinski definition) is 5. The van der Waals surface area contributed by atoms with Gasteiger partial charge in [0, 0.05) is 41.8 Å². The van der Waals surface area contributed by atoms with Crippen LogP contribution >= 0.6 is 11.3 Å². The summed E-state index contributed by atoms with van der Waals surface area (Å²) in [6.07, 6.45) is 5.76. The van der Waals surface area contributed by atoms with Gasteiger partial charge in [-0.1, -0.05) is 0 Å². The Labute approximate surface area is 133 Å². The summed E-state index contributed by atoms with van der Waals surface area (Å²) in [4.78, 5) is 16.3. The van der Waals surface area contributed by atoms with E-state index in [4.69, 9.17) is 10.5 Å². The molecule has 1 aliphatic rings. The monoisotopic (exact) mass is 317 g/mol. The summed E-state index contributed by atoms with van der Waals surface area (Å²) in [5.41, 5.74) is 7.01. The van der Waals surface area contributed by atoms with Gasteiger partial charge in [-0.25, -0.2) is 0 Å². The van der Waals surface area contributed by atoms with Gasteiger partial charge in [0.15, 0.2) is 0 Å². The summed E-state index contributed by atoms with van der Waals surface area (Å²) >= 11 is 1.55. The number of ether oxygens (including phenoxy) is 1. The number of nitrogens with one attached hydrogen (secondary N) is 1. The van der Waals surface area contributed by atoms with Gasteiger partial charge >= 0.3 is 0 Å². The van der Waals surface area contributed by atoms with E-state index in [9.17, 15) is 4.79 Å². The van der Waals surface area contributed by atoms with Crippen LogP contribution in [0.25, 0.3) is 0 Å². The molecule has 2 atom stereocenters. The molecule has 1 aliphatic heterocycles. The van der Waals surface area contributed by atoms with E-state index in [1.54, 1.807) is 29.1 Å². The highest BCUT2D eigenvalue weighted by Crippen LogP contribution is 2.28. The van der Waals surface area contributed by atoms with E-state index in [1.165, 1.54) is 0 Å². The van der Waals surface area contributed by atoms with Crippen molar-refractivity contribution in [3.8, 4) is 0 Å². The highest BCUT2D eigenvalue weighted by Gasteiger charge is 2.27. The van der Waals surface area contributed by atoms with Gasteiger partial charge in [-0.05, 0) is 36.6 Å². The lowest BCUT2D eigenvalue weighted by Gasteiger charge is -2.32. The average molecular weight is 317 g/mol. The van der Waals surface area contributed by atoms with E-state index < -0.39 is 0 Å². The first-order valence-corrected chi connectivity index (χ1v) is 8.24. The number of nitrogens with two attached hydrogens (primary N) is 1. The Morgan fingerprint density at radius 1 is 1.45 bits per heavy atom. The molecule has 6 heteroatoms. The molecule has 1 fully saturated rings. The van der Waals surface area contributed by atoms with Crippen LogP contribution in [-0.2, 0) is 11.3 Å². The number of carbonyl (C=O) groups excluding carboxylic acids is 1. The van der Waals surface area contributed by atoms with Gasteiger partial charge < -0.3 is 15.8 Å². The fourth-order valence-corrected chi connectivity index (χ4v) is 3.53. The summed E-state index contributed by atoms with van der Waals surface area (Å²) in [5, 5.41) is 5.35. The molecule has 0 aromatic carbocycles. The minimum atomic E-state index is -0.377. The maximum absolute atomic E-state index is 11.1. The first kappa shape index (κ1) is 15.1. The van der Waals surface area contributed by atoms with Gasteiger partial charge in [-0.2, -0.15) is 0 Å². The van der Waals surface area contributed by atoms with E-state index >= 15 is 0 Å². The normalized spacial score (nSPS) is 21.6. The van der Waals surface area contributed by atoms with Gasteiger partial charge in [0.2, 0.25) is 5.91 Å². The van der Waals surface area contributed by atoms with Gasteiger partial charge in [0.1, 0.15) is 0 Å². The molecule has 0 aliphatic carbocycles. The molecule has 5 nitrogen and oxygen atoms in total. The summed E-state index contributed by atoms with van der Waals surface area (Å²) in [5.74, 6) is -0.377. The Hall–Kier alpha value is -1.76. The van der Waals surface area contributed by atoms with Crippen LogP contribution in [0.2, 0.25) is 0 Å². The maximum Gasteiger partial charge on any atom is 0.249 e. The van der Waals surface area contributed by atoms with Gasteiger partial charge in [-0.3, -0.25) is 9.78 Å². The molecule has 3 N–H and O–H groups in total. The van der Waals surface area contributed by atoms with Crippen molar-refractivity contribution in [3.05, 3.63) is 52.0 Å². The van der Waals surface area contributed by atoms with Crippen molar-refractivity contribution in [2.75, 3.05) is 6.61 Å². The zero-order valence-electron chi connectivity index (χ0n) is 12.2. The molecule has 2 aromatic heterocycles. The van der Waals surface area contributed by atoms with Crippen LogP contribution in [0.15, 0.2) is 36.0 Å². The highest BCUT2D eigenvalue weighted by atomic mass is 32.1. The average Bonchev–Trinajstić information content (AvgIpc) is 3.03. The van der Waals surface area contributed by atoms with E-state index in [0.717, 1.165) is 29.9 Å². The molecule has 3 heterocycles. The maximum atomic E-state index is 11.1. The van der Waals surface area contributed by atoms with Crippen molar-refractivity contribution in [2.24, 2.45) is 5.73 Å². The van der Waals surface area contributed by atoms with Crippen LogP contribution in [0.4, 0.5) is 0 Å². The largest absolute Gasteiger partial charge is 0.372 e. The molecule has 3 rings (SSSR count). The van der Waals surface area contributed by atoms with Crippen molar-refractivity contribution in [1.29, 1.82) is 0 Å². The third-order valence-electron chi connectivity index (χ3n) is 3.83. The Morgan fingerprint density at radius 3 is 3.00 bits per heavy atom. The fraction of sp³-hybridized carbons (Fsp3) is 0.375. The van der Waals surface area contributed by atoms with Crippen LogP contribution in [0.1, 0.15) is 39.7 Å². The van der Waals surface area contributed by atoms with E-state index in [1.807, 2.05) is 18.2 Å². The first-order valence-electron chi connectivity index (χ1n) is 7.36. The fourth-order valence-electron chi connectivity index (χ4n) is 2.71. The highest BCUT2D eigenvalue weighted by molar-refractivity contribution is 7.10. The molecular formula is C16H19N3O2S. The Kier molecular flexibility index (Phi) is 4.82. The molecule has 1 saturated heterocycles. The van der Waals surface area contributed by atoms with Crippen molar-refractivity contribution in [3.63, 3.8) is 0 Å². The number of carbonyl (C=O) groups is 1. The molecule has 0 radical (unpaired) electrons. The lowest BCUT2D eigenvalue weighted by Crippen LogP contribution is -2.39. The van der Waals surface area contributed by atoms with Crippen LogP contribution in [0.3, 0.4) is 0 Å². The predicted octanol–water partition coefficient (Wildman–Crippen LogP) is 2.25. The Balaban J connectivity index is 1.65. The molecule has 0 bridgehead atoms.